The first-order valence-electron chi connectivity index (χ1n) is 11.0. The summed E-state index contributed by atoms with van der Waals surface area (Å²) in [7, 11) is 5.32. The molecule has 178 valence electrons. The average Bonchev–Trinajstić information content (AvgIpc) is 3.42. The van der Waals surface area contributed by atoms with E-state index in [9.17, 15) is 9.59 Å². The molecule has 3 aromatic carbocycles. The molecule has 0 bridgehead atoms. The van der Waals surface area contributed by atoms with Crippen LogP contribution in [-0.4, -0.2) is 38.0 Å². The highest BCUT2D eigenvalue weighted by Gasteiger charge is 2.16. The third-order valence-electron chi connectivity index (χ3n) is 5.39. The summed E-state index contributed by atoms with van der Waals surface area (Å²) in [6, 6.07) is 20.1. The third-order valence-corrected chi connectivity index (χ3v) is 6.21. The van der Waals surface area contributed by atoms with Crippen LogP contribution < -0.4 is 20.3 Å². The summed E-state index contributed by atoms with van der Waals surface area (Å²) in [5.74, 6) is 0.178. The smallest absolute Gasteiger partial charge is 0.255 e. The number of carbonyl (C=O) groups is 2. The van der Waals surface area contributed by atoms with Gasteiger partial charge in [0.2, 0.25) is 0 Å². The Morgan fingerprint density at radius 1 is 1.00 bits per heavy atom. The zero-order chi connectivity index (χ0) is 24.8. The minimum absolute atomic E-state index is 0.228. The van der Waals surface area contributed by atoms with E-state index in [1.807, 2.05) is 54.7 Å². The molecule has 0 aliphatic rings. The lowest BCUT2D eigenvalue weighted by Gasteiger charge is -2.19. The van der Waals surface area contributed by atoms with E-state index in [0.717, 1.165) is 21.8 Å². The third kappa shape index (κ3) is 5.85. The van der Waals surface area contributed by atoms with Crippen molar-refractivity contribution in [3.8, 4) is 16.3 Å². The first-order chi connectivity index (χ1) is 16.9. The van der Waals surface area contributed by atoms with Crippen LogP contribution in [0.15, 0.2) is 78.3 Å². The lowest BCUT2D eigenvalue weighted by molar-refractivity contribution is 0.0950. The second-order valence-electron chi connectivity index (χ2n) is 8.03. The number of amides is 2. The summed E-state index contributed by atoms with van der Waals surface area (Å²) in [6.45, 7) is 0.368. The van der Waals surface area contributed by atoms with Gasteiger partial charge in [0, 0.05) is 54.7 Å². The number of nitrogens with one attached hydrogen (secondary N) is 2. The van der Waals surface area contributed by atoms with Crippen molar-refractivity contribution in [3.05, 3.63) is 95.0 Å². The molecule has 0 unspecified atom stereocenters. The molecule has 4 rings (SSSR count). The van der Waals surface area contributed by atoms with Crippen LogP contribution >= 0.6 is 11.3 Å². The van der Waals surface area contributed by atoms with Crippen molar-refractivity contribution < 1.29 is 14.3 Å². The van der Waals surface area contributed by atoms with Crippen molar-refractivity contribution >= 4 is 34.5 Å². The maximum Gasteiger partial charge on any atom is 0.255 e. The Balaban J connectivity index is 1.49. The average molecular weight is 487 g/mol. The van der Waals surface area contributed by atoms with Crippen molar-refractivity contribution in [1.82, 2.24) is 10.3 Å². The second kappa shape index (κ2) is 10.8. The summed E-state index contributed by atoms with van der Waals surface area (Å²) in [4.78, 5) is 32.1. The topological polar surface area (TPSA) is 83.6 Å². The van der Waals surface area contributed by atoms with E-state index in [2.05, 4.69) is 15.6 Å². The number of ether oxygens (including phenoxy) is 1. The molecule has 4 aromatic rings. The number of anilines is 2. The summed E-state index contributed by atoms with van der Waals surface area (Å²) >= 11 is 1.57. The van der Waals surface area contributed by atoms with Crippen LogP contribution in [0, 0.1) is 0 Å². The number of aromatic nitrogens is 1. The van der Waals surface area contributed by atoms with Gasteiger partial charge in [-0.1, -0.05) is 18.2 Å². The molecular weight excluding hydrogens is 460 g/mol. The molecule has 2 amide bonds. The fourth-order valence-corrected chi connectivity index (χ4v) is 4.22. The minimum atomic E-state index is -0.268. The molecule has 0 aliphatic carbocycles. The van der Waals surface area contributed by atoms with Crippen LogP contribution in [0.3, 0.4) is 0 Å². The Morgan fingerprint density at radius 2 is 1.80 bits per heavy atom. The standard InChI is InChI=1S/C27H26N4O3S/c1-31(2)24-12-9-21(30-25(32)19-7-10-22(34-3)11-8-19)16-23(24)26(33)29-17-18-5-4-6-20(15-18)27-28-13-14-35-27/h4-16H,17H2,1-3H3,(H,29,33)(H,30,32). The number of nitrogens with zero attached hydrogens (tertiary/aromatic N) is 2. The van der Waals surface area contributed by atoms with Gasteiger partial charge in [0.15, 0.2) is 0 Å². The van der Waals surface area contributed by atoms with Crippen LogP contribution in [0.4, 0.5) is 11.4 Å². The van der Waals surface area contributed by atoms with Crippen LogP contribution in [0.2, 0.25) is 0 Å². The zero-order valence-corrected chi connectivity index (χ0v) is 20.6. The van der Waals surface area contributed by atoms with E-state index in [4.69, 9.17) is 4.74 Å². The van der Waals surface area contributed by atoms with Gasteiger partial charge in [-0.2, -0.15) is 0 Å². The van der Waals surface area contributed by atoms with Crippen LogP contribution in [0.5, 0.6) is 5.75 Å². The molecule has 7 nitrogen and oxygen atoms in total. The van der Waals surface area contributed by atoms with Crippen LogP contribution in [-0.2, 0) is 6.54 Å². The Morgan fingerprint density at radius 3 is 2.49 bits per heavy atom. The number of hydrogen-bond donors (Lipinski definition) is 2. The lowest BCUT2D eigenvalue weighted by atomic mass is 10.1. The van der Waals surface area contributed by atoms with E-state index < -0.39 is 0 Å². The molecule has 0 atom stereocenters. The maximum atomic E-state index is 13.2. The van der Waals surface area contributed by atoms with Gasteiger partial charge in [-0.3, -0.25) is 9.59 Å². The molecule has 1 heterocycles. The summed E-state index contributed by atoms with van der Waals surface area (Å²) in [5, 5.41) is 8.74. The Labute approximate surface area is 208 Å². The van der Waals surface area contributed by atoms with Crippen molar-refractivity contribution in [2.75, 3.05) is 31.4 Å². The quantitative estimate of drug-likeness (QED) is 0.363. The van der Waals surface area contributed by atoms with Gasteiger partial charge in [0.1, 0.15) is 10.8 Å². The Hall–Kier alpha value is -4.17. The monoisotopic (exact) mass is 486 g/mol. The fourth-order valence-electron chi connectivity index (χ4n) is 3.59. The molecule has 0 spiro atoms. The number of thiazole rings is 1. The normalized spacial score (nSPS) is 10.5. The highest BCUT2D eigenvalue weighted by molar-refractivity contribution is 7.13. The van der Waals surface area contributed by atoms with Gasteiger partial charge in [0.05, 0.1) is 12.7 Å². The highest BCUT2D eigenvalue weighted by Crippen LogP contribution is 2.25. The number of methoxy groups -OCH3 is 1. The van der Waals surface area contributed by atoms with E-state index in [1.165, 1.54) is 0 Å². The highest BCUT2D eigenvalue weighted by atomic mass is 32.1. The molecule has 1 aromatic heterocycles. The van der Waals surface area contributed by atoms with Crippen LogP contribution in [0.25, 0.3) is 10.6 Å². The fraction of sp³-hybridized carbons (Fsp3) is 0.148. The molecular formula is C27H26N4O3S. The molecule has 0 fully saturated rings. The van der Waals surface area contributed by atoms with E-state index in [0.29, 0.717) is 29.1 Å². The van der Waals surface area contributed by atoms with Gasteiger partial charge < -0.3 is 20.3 Å². The largest absolute Gasteiger partial charge is 0.497 e. The van der Waals surface area contributed by atoms with E-state index >= 15 is 0 Å². The maximum absolute atomic E-state index is 13.2. The first-order valence-corrected chi connectivity index (χ1v) is 11.9. The van der Waals surface area contributed by atoms with Crippen molar-refractivity contribution in [3.63, 3.8) is 0 Å². The number of rotatable bonds is 8. The predicted molar refractivity (Wildman–Crippen MR) is 140 cm³/mol. The lowest BCUT2D eigenvalue weighted by Crippen LogP contribution is -2.25. The Bertz CT molecular complexity index is 1320. The van der Waals surface area contributed by atoms with E-state index in [1.54, 1.807) is 61.0 Å². The molecule has 8 heteroatoms. The zero-order valence-electron chi connectivity index (χ0n) is 19.7. The molecule has 35 heavy (non-hydrogen) atoms. The summed E-state index contributed by atoms with van der Waals surface area (Å²) < 4.78 is 5.14. The van der Waals surface area contributed by atoms with Gasteiger partial charge in [-0.05, 0) is 54.1 Å². The number of benzene rings is 3. The SMILES string of the molecule is COc1ccc(C(=O)Nc2ccc(N(C)C)c(C(=O)NCc3cccc(-c4nccs4)c3)c2)cc1. The van der Waals surface area contributed by atoms with Crippen molar-refractivity contribution in [2.45, 2.75) is 6.54 Å². The molecule has 0 saturated carbocycles. The summed E-state index contributed by atoms with van der Waals surface area (Å²) in [6.07, 6.45) is 1.78. The van der Waals surface area contributed by atoms with Crippen molar-refractivity contribution in [1.29, 1.82) is 0 Å². The first kappa shape index (κ1) is 24.0. The molecule has 0 saturated heterocycles. The second-order valence-corrected chi connectivity index (χ2v) is 8.92. The summed E-state index contributed by atoms with van der Waals surface area (Å²) in [5.41, 5.74) is 4.24. The predicted octanol–water partition coefficient (Wildman–Crippen LogP) is 5.07. The van der Waals surface area contributed by atoms with Gasteiger partial charge >= 0.3 is 0 Å². The molecule has 2 N–H and O–H groups in total. The number of hydrogen-bond acceptors (Lipinski definition) is 6. The van der Waals surface area contributed by atoms with Gasteiger partial charge in [-0.15, -0.1) is 11.3 Å². The van der Waals surface area contributed by atoms with Crippen LogP contribution in [0.1, 0.15) is 26.3 Å². The Kier molecular flexibility index (Phi) is 7.42. The van der Waals surface area contributed by atoms with Gasteiger partial charge in [0.25, 0.3) is 11.8 Å². The number of carbonyl (C=O) groups excluding carboxylic acids is 2. The van der Waals surface area contributed by atoms with Gasteiger partial charge in [-0.25, -0.2) is 4.98 Å². The van der Waals surface area contributed by atoms with E-state index in [-0.39, 0.29) is 11.8 Å². The minimum Gasteiger partial charge on any atom is -0.497 e. The van der Waals surface area contributed by atoms with Crippen molar-refractivity contribution in [2.24, 2.45) is 0 Å². The molecule has 0 radical (unpaired) electrons. The molecule has 0 aliphatic heterocycles.